The normalized spacial score (nSPS) is 20.7. The molecule has 0 heterocycles. The van der Waals surface area contributed by atoms with E-state index in [1.54, 1.807) is 0 Å². The van der Waals surface area contributed by atoms with Crippen molar-refractivity contribution >= 4 is 35.8 Å². The van der Waals surface area contributed by atoms with Crippen LogP contribution >= 0.6 is 0 Å². The molecule has 0 aromatic heterocycles. The molecule has 4 unspecified atom stereocenters. The zero-order chi connectivity index (χ0) is 33.5. The van der Waals surface area contributed by atoms with Crippen LogP contribution in [-0.4, -0.2) is 140 Å². The van der Waals surface area contributed by atoms with Gasteiger partial charge in [-0.1, -0.05) is 0 Å². The quantitative estimate of drug-likeness (QED) is 0.0593. The number of ether oxygens (including phenoxy) is 4. The van der Waals surface area contributed by atoms with Crippen molar-refractivity contribution < 1.29 is 88.6 Å². The fraction of sp³-hybridized carbons (Fsp3) is 0.769. The summed E-state index contributed by atoms with van der Waals surface area (Å²) in [5.41, 5.74) is -5.68. The number of esters is 2. The minimum Gasteiger partial charge on any atom is -0.481 e. The lowest BCUT2D eigenvalue weighted by Crippen LogP contribution is -2.43. The lowest BCUT2D eigenvalue weighted by Gasteiger charge is -2.28. The summed E-state index contributed by atoms with van der Waals surface area (Å²) in [7, 11) is 0. The highest BCUT2D eigenvalue weighted by Gasteiger charge is 2.42. The van der Waals surface area contributed by atoms with Gasteiger partial charge in [-0.05, 0) is 37.5 Å². The molecular weight excluding hydrogens is 600 g/mol. The van der Waals surface area contributed by atoms with Crippen molar-refractivity contribution in [3.05, 3.63) is 0 Å². The molecule has 0 bridgehead atoms. The van der Waals surface area contributed by atoms with Crippen LogP contribution in [0.2, 0.25) is 0 Å². The molecule has 8 N–H and O–H groups in total. The molecule has 0 aromatic carbocycles. The molecule has 4 atom stereocenters. The SMILES string of the molecule is O=C(O)CC(O)(CC(=O)OCC(O)COCC1CCC(COCC(O)COC(=O)CC(O)(CC(=O)O)C(=O)O)CC1)C(=O)O. The Morgan fingerprint density at radius 2 is 0.886 bits per heavy atom. The highest BCUT2D eigenvalue weighted by atomic mass is 16.6. The van der Waals surface area contributed by atoms with Crippen LogP contribution < -0.4 is 0 Å². The third-order valence-corrected chi connectivity index (χ3v) is 6.72. The number of aliphatic carboxylic acids is 4. The number of hydrogen-bond acceptors (Lipinski definition) is 14. The maximum atomic E-state index is 11.8. The Balaban J connectivity index is 2.21. The Labute approximate surface area is 251 Å². The van der Waals surface area contributed by atoms with Crippen LogP contribution in [0.3, 0.4) is 0 Å². The van der Waals surface area contributed by atoms with Gasteiger partial charge in [0.25, 0.3) is 0 Å². The molecule has 0 saturated heterocycles. The standard InChI is InChI=1S/C26H40O18/c27-17(13-43-21(33)7-25(39,23(35)36)5-19(29)30)11-41-9-15-1-2-16(4-3-15)10-42-12-18(28)14-44-22(34)8-26(40,24(37)38)6-20(31)32/h15-18,27-28,39-40H,1-14H2,(H,29,30)(H,31,32)(H,35,36)(H,37,38). The topological polar surface area (TPSA) is 301 Å². The average Bonchev–Trinajstić information content (AvgIpc) is 2.90. The Bertz CT molecular complexity index is 913. The van der Waals surface area contributed by atoms with E-state index < -0.39 is 98.1 Å². The number of aliphatic hydroxyl groups excluding tert-OH is 2. The van der Waals surface area contributed by atoms with E-state index >= 15 is 0 Å². The number of rotatable bonds is 22. The van der Waals surface area contributed by atoms with Gasteiger partial charge >= 0.3 is 35.8 Å². The third kappa shape index (κ3) is 14.8. The second-order valence-electron chi connectivity index (χ2n) is 10.8. The van der Waals surface area contributed by atoms with Crippen molar-refractivity contribution in [2.24, 2.45) is 11.8 Å². The van der Waals surface area contributed by atoms with E-state index in [-0.39, 0.29) is 25.0 Å². The van der Waals surface area contributed by atoms with Gasteiger partial charge in [0.15, 0.2) is 11.2 Å². The first-order valence-electron chi connectivity index (χ1n) is 13.6. The molecular formula is C26H40O18. The van der Waals surface area contributed by atoms with Crippen molar-refractivity contribution in [3.8, 4) is 0 Å². The summed E-state index contributed by atoms with van der Waals surface area (Å²) in [4.78, 5) is 67.2. The van der Waals surface area contributed by atoms with Crippen molar-refractivity contribution in [2.45, 2.75) is 74.8 Å². The lowest BCUT2D eigenvalue weighted by molar-refractivity contribution is -0.173. The Hall–Kier alpha value is -3.42. The number of carbonyl (C=O) groups is 6. The van der Waals surface area contributed by atoms with E-state index in [1.165, 1.54) is 0 Å². The largest absolute Gasteiger partial charge is 0.481 e. The monoisotopic (exact) mass is 640 g/mol. The summed E-state index contributed by atoms with van der Waals surface area (Å²) >= 11 is 0. The van der Waals surface area contributed by atoms with E-state index in [1.807, 2.05) is 0 Å². The van der Waals surface area contributed by atoms with Gasteiger partial charge in [0.2, 0.25) is 0 Å². The fourth-order valence-corrected chi connectivity index (χ4v) is 4.29. The molecule has 0 radical (unpaired) electrons. The molecule has 0 spiro atoms. The Morgan fingerprint density at radius 1 is 0.568 bits per heavy atom. The summed E-state index contributed by atoms with van der Waals surface area (Å²) in [6, 6.07) is 0. The van der Waals surface area contributed by atoms with E-state index in [2.05, 4.69) is 0 Å². The number of carbonyl (C=O) groups excluding carboxylic acids is 2. The highest BCUT2D eigenvalue weighted by molar-refractivity contribution is 5.89. The molecule has 1 saturated carbocycles. The van der Waals surface area contributed by atoms with Crippen LogP contribution in [0.4, 0.5) is 0 Å². The number of hydrogen-bond donors (Lipinski definition) is 8. The first-order chi connectivity index (χ1) is 20.5. The maximum Gasteiger partial charge on any atom is 0.336 e. The zero-order valence-corrected chi connectivity index (χ0v) is 23.9. The van der Waals surface area contributed by atoms with Crippen LogP contribution in [-0.2, 0) is 47.7 Å². The minimum absolute atomic E-state index is 0.179. The molecule has 1 aliphatic carbocycles. The van der Waals surface area contributed by atoms with Crippen LogP contribution in [0, 0.1) is 11.8 Å². The lowest BCUT2D eigenvalue weighted by atomic mass is 9.83. The van der Waals surface area contributed by atoms with Crippen molar-refractivity contribution in [3.63, 3.8) is 0 Å². The maximum absolute atomic E-state index is 11.8. The summed E-state index contributed by atoms with van der Waals surface area (Å²) < 4.78 is 20.4. The third-order valence-electron chi connectivity index (χ3n) is 6.72. The zero-order valence-electron chi connectivity index (χ0n) is 23.9. The summed E-state index contributed by atoms with van der Waals surface area (Å²) in [6.45, 7) is -0.858. The summed E-state index contributed by atoms with van der Waals surface area (Å²) in [5, 5.41) is 74.9. The van der Waals surface area contributed by atoms with E-state index in [4.69, 9.17) is 39.4 Å². The van der Waals surface area contributed by atoms with Gasteiger partial charge in [-0.25, -0.2) is 9.59 Å². The van der Waals surface area contributed by atoms with Crippen molar-refractivity contribution in [1.29, 1.82) is 0 Å². The van der Waals surface area contributed by atoms with Gasteiger partial charge in [-0.3, -0.25) is 19.2 Å². The van der Waals surface area contributed by atoms with E-state index in [9.17, 15) is 49.2 Å². The number of carboxylic acid groups (broad SMARTS) is 4. The van der Waals surface area contributed by atoms with Crippen molar-refractivity contribution in [2.75, 3.05) is 39.6 Å². The predicted octanol–water partition coefficient (Wildman–Crippen LogP) is -2.00. The van der Waals surface area contributed by atoms with Gasteiger partial charge in [-0.2, -0.15) is 0 Å². The predicted molar refractivity (Wildman–Crippen MR) is 140 cm³/mol. The van der Waals surface area contributed by atoms with Crippen LogP contribution in [0.5, 0.6) is 0 Å². The smallest absolute Gasteiger partial charge is 0.336 e. The summed E-state index contributed by atoms with van der Waals surface area (Å²) in [6.07, 6.45) is -4.01. The van der Waals surface area contributed by atoms with Gasteiger partial charge < -0.3 is 59.8 Å². The van der Waals surface area contributed by atoms with Gasteiger partial charge in [-0.15, -0.1) is 0 Å². The second kappa shape index (κ2) is 18.4. The molecule has 1 rings (SSSR count). The molecule has 0 amide bonds. The highest BCUT2D eigenvalue weighted by Crippen LogP contribution is 2.29. The molecule has 0 aromatic rings. The molecule has 1 aliphatic rings. The molecule has 44 heavy (non-hydrogen) atoms. The van der Waals surface area contributed by atoms with Crippen LogP contribution in [0.15, 0.2) is 0 Å². The van der Waals surface area contributed by atoms with Gasteiger partial charge in [0.1, 0.15) is 25.4 Å². The van der Waals surface area contributed by atoms with Crippen LogP contribution in [0.25, 0.3) is 0 Å². The molecule has 252 valence electrons. The minimum atomic E-state index is -2.84. The fourth-order valence-electron chi connectivity index (χ4n) is 4.29. The molecule has 18 nitrogen and oxygen atoms in total. The van der Waals surface area contributed by atoms with E-state index in [0.717, 1.165) is 25.7 Å². The van der Waals surface area contributed by atoms with Crippen LogP contribution in [0.1, 0.15) is 51.4 Å². The first-order valence-corrected chi connectivity index (χ1v) is 13.6. The molecule has 0 aliphatic heterocycles. The number of aliphatic hydroxyl groups is 4. The molecule has 1 fully saturated rings. The second-order valence-corrected chi connectivity index (χ2v) is 10.8. The summed E-state index contributed by atoms with van der Waals surface area (Å²) in [5.74, 6) is -9.09. The average molecular weight is 641 g/mol. The van der Waals surface area contributed by atoms with Crippen molar-refractivity contribution in [1.82, 2.24) is 0 Å². The van der Waals surface area contributed by atoms with Gasteiger partial charge in [0.05, 0.1) is 38.9 Å². The van der Waals surface area contributed by atoms with Gasteiger partial charge in [0, 0.05) is 13.2 Å². The Kier molecular flexibility index (Phi) is 16.1. The van der Waals surface area contributed by atoms with E-state index in [0.29, 0.717) is 13.2 Å². The first kappa shape index (κ1) is 38.6. The number of carboxylic acids is 4. The Morgan fingerprint density at radius 3 is 1.16 bits per heavy atom. The molecule has 18 heteroatoms.